The van der Waals surface area contributed by atoms with E-state index in [1.54, 1.807) is 6.07 Å². The number of methoxy groups -OCH3 is 2. The van der Waals surface area contributed by atoms with Crippen LogP contribution in [-0.2, 0) is 9.47 Å². The van der Waals surface area contributed by atoms with E-state index in [0.717, 1.165) is 19.4 Å². The van der Waals surface area contributed by atoms with Crippen LogP contribution in [0.3, 0.4) is 0 Å². The van der Waals surface area contributed by atoms with Crippen LogP contribution in [0.5, 0.6) is 11.5 Å². The van der Waals surface area contributed by atoms with Crippen LogP contribution in [0, 0.1) is 0 Å². The highest BCUT2D eigenvalue weighted by Gasteiger charge is 2.19. The molecule has 1 aromatic rings. The molecule has 0 spiro atoms. The maximum atomic E-state index is 12.1. The monoisotopic (exact) mass is 295 g/mol. The van der Waals surface area contributed by atoms with Gasteiger partial charge in [-0.1, -0.05) is 0 Å². The first-order valence-electron chi connectivity index (χ1n) is 6.96. The number of nitrogens with two attached hydrogens (primary N) is 1. The minimum Gasteiger partial charge on any atom is -0.493 e. The molecule has 2 N–H and O–H groups in total. The van der Waals surface area contributed by atoms with Gasteiger partial charge in [0.25, 0.3) is 0 Å². The molecule has 1 aromatic carbocycles. The summed E-state index contributed by atoms with van der Waals surface area (Å²) in [5, 5.41) is 0. The van der Waals surface area contributed by atoms with Crippen LogP contribution in [0.15, 0.2) is 12.1 Å². The summed E-state index contributed by atoms with van der Waals surface area (Å²) in [6.07, 6.45) is 3.00. The van der Waals surface area contributed by atoms with E-state index >= 15 is 0 Å². The molecule has 1 saturated heterocycles. The highest BCUT2D eigenvalue weighted by Crippen LogP contribution is 2.32. The summed E-state index contributed by atoms with van der Waals surface area (Å²) < 4.78 is 21.0. The number of esters is 1. The summed E-state index contributed by atoms with van der Waals surface area (Å²) in [5.41, 5.74) is 6.43. The molecule has 1 atom stereocenters. The molecule has 0 aromatic heterocycles. The van der Waals surface area contributed by atoms with Crippen LogP contribution < -0.4 is 15.2 Å². The average Bonchev–Trinajstić information content (AvgIpc) is 3.00. The molecule has 1 unspecified atom stereocenters. The molecule has 6 nitrogen and oxygen atoms in total. The third kappa shape index (κ3) is 3.78. The van der Waals surface area contributed by atoms with E-state index in [-0.39, 0.29) is 11.7 Å². The van der Waals surface area contributed by atoms with Crippen molar-refractivity contribution in [2.75, 3.05) is 33.2 Å². The standard InChI is InChI=1S/C15H21NO5/c1-18-13-8-11(12(16)9-14(13)19-2)15(17)21-7-5-10-4-3-6-20-10/h8-10H,3-7,16H2,1-2H3. The van der Waals surface area contributed by atoms with Crippen LogP contribution in [0.25, 0.3) is 0 Å². The van der Waals surface area contributed by atoms with Gasteiger partial charge in [0.05, 0.1) is 38.2 Å². The molecule has 0 saturated carbocycles. The van der Waals surface area contributed by atoms with Gasteiger partial charge in [0, 0.05) is 25.2 Å². The van der Waals surface area contributed by atoms with Crippen molar-refractivity contribution < 1.29 is 23.7 Å². The predicted octanol–water partition coefficient (Wildman–Crippen LogP) is 2.01. The van der Waals surface area contributed by atoms with E-state index < -0.39 is 5.97 Å². The van der Waals surface area contributed by atoms with Gasteiger partial charge in [0.1, 0.15) is 0 Å². The molecular formula is C15H21NO5. The maximum absolute atomic E-state index is 12.1. The molecule has 1 fully saturated rings. The zero-order valence-electron chi connectivity index (χ0n) is 12.4. The molecule has 2 rings (SSSR count). The van der Waals surface area contributed by atoms with Gasteiger partial charge in [0.15, 0.2) is 11.5 Å². The zero-order valence-corrected chi connectivity index (χ0v) is 12.4. The molecule has 116 valence electrons. The van der Waals surface area contributed by atoms with E-state index in [2.05, 4.69) is 0 Å². The van der Waals surface area contributed by atoms with Crippen LogP contribution >= 0.6 is 0 Å². The molecule has 1 heterocycles. The minimum atomic E-state index is -0.466. The Morgan fingerprint density at radius 3 is 2.67 bits per heavy atom. The van der Waals surface area contributed by atoms with Gasteiger partial charge >= 0.3 is 5.97 Å². The van der Waals surface area contributed by atoms with Crippen molar-refractivity contribution in [1.82, 2.24) is 0 Å². The lowest BCUT2D eigenvalue weighted by Gasteiger charge is -2.13. The molecule has 21 heavy (non-hydrogen) atoms. The molecule has 1 aliphatic heterocycles. The van der Waals surface area contributed by atoms with E-state index in [1.165, 1.54) is 20.3 Å². The number of benzene rings is 1. The predicted molar refractivity (Wildman–Crippen MR) is 77.8 cm³/mol. The minimum absolute atomic E-state index is 0.195. The fourth-order valence-corrected chi connectivity index (χ4v) is 2.30. The quantitative estimate of drug-likeness (QED) is 0.639. The maximum Gasteiger partial charge on any atom is 0.340 e. The zero-order chi connectivity index (χ0) is 15.2. The van der Waals surface area contributed by atoms with Gasteiger partial charge in [-0.25, -0.2) is 4.79 Å². The Balaban J connectivity index is 1.97. The molecule has 6 heteroatoms. The lowest BCUT2D eigenvalue weighted by Crippen LogP contribution is -2.14. The lowest BCUT2D eigenvalue weighted by molar-refractivity contribution is 0.0386. The largest absolute Gasteiger partial charge is 0.493 e. The summed E-state index contributed by atoms with van der Waals surface area (Å²) in [6, 6.07) is 3.08. The van der Waals surface area contributed by atoms with Crippen molar-refractivity contribution in [3.05, 3.63) is 17.7 Å². The van der Waals surface area contributed by atoms with Crippen molar-refractivity contribution in [2.24, 2.45) is 0 Å². The number of carbonyl (C=O) groups excluding carboxylic acids is 1. The molecule has 1 aliphatic rings. The van der Waals surface area contributed by atoms with Crippen molar-refractivity contribution >= 4 is 11.7 Å². The van der Waals surface area contributed by atoms with Gasteiger partial charge in [-0.2, -0.15) is 0 Å². The third-order valence-electron chi connectivity index (χ3n) is 3.47. The van der Waals surface area contributed by atoms with Gasteiger partial charge < -0.3 is 24.7 Å². The normalized spacial score (nSPS) is 17.5. The van der Waals surface area contributed by atoms with Crippen molar-refractivity contribution in [2.45, 2.75) is 25.4 Å². The van der Waals surface area contributed by atoms with Gasteiger partial charge in [-0.05, 0) is 12.8 Å². The number of hydrogen-bond acceptors (Lipinski definition) is 6. The summed E-state index contributed by atoms with van der Waals surface area (Å²) in [5.74, 6) is 0.454. The fraction of sp³-hybridized carbons (Fsp3) is 0.533. The average molecular weight is 295 g/mol. The summed E-state index contributed by atoms with van der Waals surface area (Å²) in [7, 11) is 3.01. The van der Waals surface area contributed by atoms with Crippen LogP contribution in [0.2, 0.25) is 0 Å². The summed E-state index contributed by atoms with van der Waals surface area (Å²) in [6.45, 7) is 1.11. The second kappa shape index (κ2) is 7.17. The first-order chi connectivity index (χ1) is 10.2. The number of anilines is 1. The number of carbonyl (C=O) groups is 1. The third-order valence-corrected chi connectivity index (χ3v) is 3.47. The Kier molecular flexibility index (Phi) is 5.27. The number of nitrogen functional groups attached to an aromatic ring is 1. The highest BCUT2D eigenvalue weighted by molar-refractivity contribution is 5.96. The molecule has 0 aliphatic carbocycles. The first-order valence-corrected chi connectivity index (χ1v) is 6.96. The fourth-order valence-electron chi connectivity index (χ4n) is 2.30. The smallest absolute Gasteiger partial charge is 0.340 e. The van der Waals surface area contributed by atoms with Crippen LogP contribution in [0.1, 0.15) is 29.6 Å². The van der Waals surface area contributed by atoms with E-state index in [0.29, 0.717) is 30.2 Å². The molecule has 0 amide bonds. The second-order valence-electron chi connectivity index (χ2n) is 4.85. The van der Waals surface area contributed by atoms with Crippen molar-refractivity contribution in [3.63, 3.8) is 0 Å². The first kappa shape index (κ1) is 15.4. The number of ether oxygens (including phenoxy) is 4. The van der Waals surface area contributed by atoms with Gasteiger partial charge in [-0.15, -0.1) is 0 Å². The molecule has 0 radical (unpaired) electrons. The highest BCUT2D eigenvalue weighted by atomic mass is 16.5. The lowest BCUT2D eigenvalue weighted by atomic mass is 10.1. The molecule has 0 bridgehead atoms. The Bertz CT molecular complexity index is 497. The van der Waals surface area contributed by atoms with E-state index in [1.807, 2.05) is 0 Å². The van der Waals surface area contributed by atoms with Crippen molar-refractivity contribution in [3.8, 4) is 11.5 Å². The number of hydrogen-bond donors (Lipinski definition) is 1. The Morgan fingerprint density at radius 1 is 1.33 bits per heavy atom. The van der Waals surface area contributed by atoms with Gasteiger partial charge in [-0.3, -0.25) is 0 Å². The van der Waals surface area contributed by atoms with E-state index in [9.17, 15) is 4.79 Å². The summed E-state index contributed by atoms with van der Waals surface area (Å²) in [4.78, 5) is 12.1. The Hall–Kier alpha value is -1.95. The Labute approximate surface area is 124 Å². The van der Waals surface area contributed by atoms with E-state index in [4.69, 9.17) is 24.7 Å². The van der Waals surface area contributed by atoms with Gasteiger partial charge in [0.2, 0.25) is 0 Å². The Morgan fingerprint density at radius 2 is 2.05 bits per heavy atom. The SMILES string of the molecule is COc1cc(N)c(C(=O)OCCC2CCCO2)cc1OC. The topological polar surface area (TPSA) is 80.0 Å². The van der Waals surface area contributed by atoms with Crippen LogP contribution in [0.4, 0.5) is 5.69 Å². The van der Waals surface area contributed by atoms with Crippen LogP contribution in [-0.4, -0.2) is 39.5 Å². The second-order valence-corrected chi connectivity index (χ2v) is 4.85. The van der Waals surface area contributed by atoms with Crippen molar-refractivity contribution in [1.29, 1.82) is 0 Å². The summed E-state index contributed by atoms with van der Waals surface area (Å²) >= 11 is 0. The number of rotatable bonds is 6. The molecular weight excluding hydrogens is 274 g/mol.